The van der Waals surface area contributed by atoms with E-state index < -0.39 is 0 Å². The number of fused-ring (bicyclic) bond motifs is 3. The summed E-state index contributed by atoms with van der Waals surface area (Å²) in [6.45, 7) is 28.1. The van der Waals surface area contributed by atoms with Gasteiger partial charge in [-0.1, -0.05) is 146 Å². The molecule has 0 aliphatic carbocycles. The Morgan fingerprint density at radius 3 is 1.19 bits per heavy atom. The Morgan fingerprint density at radius 2 is 0.737 bits per heavy atom. The van der Waals surface area contributed by atoms with E-state index in [9.17, 15) is 10.2 Å². The molecule has 0 amide bonds. The highest BCUT2D eigenvalue weighted by Gasteiger charge is 2.52. The lowest BCUT2D eigenvalue weighted by Crippen LogP contribution is -2.41. The number of aryl methyl sites for hydroxylation is 3. The maximum atomic E-state index is 9.52. The average molecular weight is 1290 g/mol. The minimum absolute atomic E-state index is 0.134. The number of aromatic hydroxyl groups is 4. The molecule has 0 aromatic heterocycles. The highest BCUT2D eigenvalue weighted by atomic mass is 16.7. The molecule has 0 unspecified atom stereocenters. The minimum atomic E-state index is -0.309. The van der Waals surface area contributed by atoms with Crippen molar-refractivity contribution in [1.29, 1.82) is 0 Å². The summed E-state index contributed by atoms with van der Waals surface area (Å²) >= 11 is 0. The van der Waals surface area contributed by atoms with Crippen molar-refractivity contribution in [2.24, 2.45) is 0 Å². The van der Waals surface area contributed by atoms with Crippen molar-refractivity contribution in [3.63, 3.8) is 0 Å². The van der Waals surface area contributed by atoms with Gasteiger partial charge in [-0.05, 0) is 201 Å². The van der Waals surface area contributed by atoms with E-state index >= 15 is 0 Å². The molecule has 9 aromatic carbocycles. The van der Waals surface area contributed by atoms with Gasteiger partial charge in [0.2, 0.25) is 0 Å². The normalized spacial score (nSPS) is 14.1. The van der Waals surface area contributed by atoms with Gasteiger partial charge in [0.25, 0.3) is 0 Å². The zero-order chi connectivity index (χ0) is 67.9. The molecule has 1 fully saturated rings. The van der Waals surface area contributed by atoms with Gasteiger partial charge in [-0.25, -0.2) is 0 Å². The van der Waals surface area contributed by atoms with Gasteiger partial charge < -0.3 is 62.9 Å². The molecule has 498 valence electrons. The van der Waals surface area contributed by atoms with Crippen molar-refractivity contribution in [3.05, 3.63) is 261 Å². The topological polar surface area (TPSA) is 164 Å². The molecule has 13 nitrogen and oxygen atoms in total. The van der Waals surface area contributed by atoms with Crippen LogP contribution < -0.4 is 38.6 Å². The van der Waals surface area contributed by atoms with Crippen LogP contribution in [0.3, 0.4) is 0 Å². The molecule has 0 radical (unpaired) electrons. The molecule has 14 heteroatoms. The number of phenols is 4. The van der Waals surface area contributed by atoms with Crippen molar-refractivity contribution in [2.45, 2.75) is 139 Å². The maximum absolute atomic E-state index is 9.52. The second-order valence-electron chi connectivity index (χ2n) is 24.7. The molecule has 4 aliphatic rings. The molecule has 13 rings (SSSR count). The maximum Gasteiger partial charge on any atom is 0.495 e. The lowest BCUT2D eigenvalue weighted by Gasteiger charge is -2.32. The van der Waals surface area contributed by atoms with Crippen LogP contribution in [0.5, 0.6) is 63.2 Å². The molecule has 4 N–H and O–H groups in total. The van der Waals surface area contributed by atoms with E-state index in [-0.39, 0.29) is 35.6 Å². The van der Waals surface area contributed by atoms with Crippen LogP contribution in [0.15, 0.2) is 195 Å². The molecule has 9 aromatic rings. The van der Waals surface area contributed by atoms with Gasteiger partial charge in [0, 0.05) is 27.8 Å². The SMILES string of the molecule is C=CCOc1cccc(OCc2ccccc2)c1C.Cc1c(B2OC(C)(C)C(C)(C)O2)ccc2c1OCCC2.Cc1c(O)ccc2c1OCCC2.Cc1c(O)cccc1O.Cc1c(O)cccc1OCc1ccccc1.Cc1c(OCc2ccccc2)ccc2c1OCCC2. The fraction of sp³-hybridized carbons (Fsp3) is 0.309. The van der Waals surface area contributed by atoms with E-state index in [0.717, 1.165) is 143 Å². The number of benzene rings is 9. The second kappa shape index (κ2) is 34.6. The highest BCUT2D eigenvalue weighted by molar-refractivity contribution is 6.62. The Kier molecular flexibility index (Phi) is 26.0. The number of phenolic OH excluding ortho intramolecular Hbond substituents is 4. The van der Waals surface area contributed by atoms with Gasteiger partial charge in [0.1, 0.15) is 89.7 Å². The van der Waals surface area contributed by atoms with Crippen LogP contribution in [0.1, 0.15) is 114 Å². The van der Waals surface area contributed by atoms with Gasteiger partial charge in [0.15, 0.2) is 0 Å². The second-order valence-corrected chi connectivity index (χ2v) is 24.7. The predicted octanol–water partition coefficient (Wildman–Crippen LogP) is 17.4. The van der Waals surface area contributed by atoms with Crippen LogP contribution in [-0.4, -0.2) is 65.2 Å². The van der Waals surface area contributed by atoms with E-state index in [4.69, 9.17) is 52.7 Å². The highest BCUT2D eigenvalue weighted by Crippen LogP contribution is 2.39. The van der Waals surface area contributed by atoms with E-state index in [1.807, 2.05) is 130 Å². The van der Waals surface area contributed by atoms with E-state index in [2.05, 4.69) is 84.5 Å². The third-order valence-corrected chi connectivity index (χ3v) is 17.3. The number of rotatable bonds is 13. The van der Waals surface area contributed by atoms with Crippen molar-refractivity contribution >= 4 is 12.6 Å². The quantitative estimate of drug-likeness (QED) is 0.0638. The first-order chi connectivity index (χ1) is 45.7. The summed E-state index contributed by atoms with van der Waals surface area (Å²) in [5.41, 5.74) is 13.2. The molecule has 0 bridgehead atoms. The first-order valence-electron chi connectivity index (χ1n) is 32.6. The largest absolute Gasteiger partial charge is 0.508 e. The van der Waals surface area contributed by atoms with Crippen LogP contribution >= 0.6 is 0 Å². The fourth-order valence-corrected chi connectivity index (χ4v) is 10.7. The van der Waals surface area contributed by atoms with E-state index in [1.165, 1.54) is 34.4 Å². The molecule has 4 heterocycles. The molecule has 4 aliphatic heterocycles. The van der Waals surface area contributed by atoms with Crippen LogP contribution in [-0.2, 0) is 48.4 Å². The van der Waals surface area contributed by atoms with Gasteiger partial charge in [-0.3, -0.25) is 0 Å². The Labute approximate surface area is 562 Å². The molecule has 0 spiro atoms. The Balaban J connectivity index is 0.000000148. The Morgan fingerprint density at radius 1 is 0.379 bits per heavy atom. The average Bonchev–Trinajstić information content (AvgIpc) is 1.61. The molecule has 95 heavy (non-hydrogen) atoms. The standard InChI is InChI=1S/2C17H18O2.C16H23BO3.C14H14O2.C10H12O2.C7H8O2/c1-13-16(19-12-14-6-3-2-4-7-14)10-9-15-8-5-11-18-17(13)15;1-3-12-18-16-10-7-11-17(14(16)2)19-13-15-8-5-4-6-9-15;1-11-13(9-8-12-7-6-10-18-14(11)12)17-19-15(2,3)16(4,5)20-17;1-11-13(15)8-5-9-14(11)16-10-12-6-3-2-4-7-12;1-7-9(11)5-4-8-3-2-6-12-10(7)8;1-5-6(8)3-2-4-7(5)9/h2-4,6-7,9-10H,5,8,11-12H2,1H3;3-11H,1,12-13H2,2H3;8-9H,6-7,10H2,1-5H3;2-9,15H,10H2,1H3;4-5,11H,2-3,6H2,1H3;2-4,8-9H,1H3. The van der Waals surface area contributed by atoms with Crippen LogP contribution in [0.25, 0.3) is 0 Å². The molecular formula is C81H93BO13. The summed E-state index contributed by atoms with van der Waals surface area (Å²) in [6.07, 6.45) is 8.29. The molecule has 1 saturated heterocycles. The summed E-state index contributed by atoms with van der Waals surface area (Å²) in [4.78, 5) is 0. The van der Waals surface area contributed by atoms with Crippen molar-refractivity contribution in [3.8, 4) is 63.2 Å². The molecular weight excluding hydrogens is 1190 g/mol. The Bertz CT molecular complexity index is 3870. The lowest BCUT2D eigenvalue weighted by atomic mass is 9.75. The van der Waals surface area contributed by atoms with E-state index in [0.29, 0.717) is 37.7 Å². The van der Waals surface area contributed by atoms with Crippen LogP contribution in [0.2, 0.25) is 0 Å². The Hall–Kier alpha value is -9.50. The zero-order valence-electron chi connectivity index (χ0n) is 56.8. The third-order valence-electron chi connectivity index (χ3n) is 17.3. The lowest BCUT2D eigenvalue weighted by molar-refractivity contribution is 0.00578. The summed E-state index contributed by atoms with van der Waals surface area (Å²) in [5, 5.41) is 36.8. The fourth-order valence-electron chi connectivity index (χ4n) is 10.7. The summed E-state index contributed by atoms with van der Waals surface area (Å²) in [7, 11) is -0.309. The van der Waals surface area contributed by atoms with Crippen LogP contribution in [0, 0.1) is 41.5 Å². The number of ether oxygens (including phenoxy) is 7. The third kappa shape index (κ3) is 19.8. The molecule has 0 saturated carbocycles. The van der Waals surface area contributed by atoms with Gasteiger partial charge in [-0.15, -0.1) is 0 Å². The van der Waals surface area contributed by atoms with Crippen molar-refractivity contribution < 1.29 is 62.9 Å². The number of hydrogen-bond donors (Lipinski definition) is 4. The van der Waals surface area contributed by atoms with E-state index in [1.54, 1.807) is 37.3 Å². The summed E-state index contributed by atoms with van der Waals surface area (Å²) in [5.74, 6) is 7.15. The smallest absolute Gasteiger partial charge is 0.495 e. The minimum Gasteiger partial charge on any atom is -0.508 e. The van der Waals surface area contributed by atoms with Gasteiger partial charge in [0.05, 0.1) is 31.0 Å². The first kappa shape index (κ1) is 71.4. The van der Waals surface area contributed by atoms with Crippen LogP contribution in [0.4, 0.5) is 0 Å². The predicted molar refractivity (Wildman–Crippen MR) is 379 cm³/mol. The van der Waals surface area contributed by atoms with Gasteiger partial charge >= 0.3 is 7.12 Å². The first-order valence-corrected chi connectivity index (χ1v) is 32.6. The van der Waals surface area contributed by atoms with Crippen molar-refractivity contribution in [1.82, 2.24) is 0 Å². The summed E-state index contributed by atoms with van der Waals surface area (Å²) < 4.78 is 52.3. The number of hydrogen-bond acceptors (Lipinski definition) is 13. The van der Waals surface area contributed by atoms with Crippen molar-refractivity contribution in [2.75, 3.05) is 26.4 Å². The zero-order valence-corrected chi connectivity index (χ0v) is 56.8. The monoisotopic (exact) mass is 1280 g/mol. The van der Waals surface area contributed by atoms with Gasteiger partial charge in [-0.2, -0.15) is 0 Å². The molecule has 0 atom stereocenters. The summed E-state index contributed by atoms with van der Waals surface area (Å²) in [6, 6.07) is 58.2.